The second-order valence-corrected chi connectivity index (χ2v) is 8.55. The molecule has 0 saturated carbocycles. The lowest BCUT2D eigenvalue weighted by Gasteiger charge is -2.29. The highest BCUT2D eigenvalue weighted by Crippen LogP contribution is 2.33. The van der Waals surface area contributed by atoms with E-state index in [0.717, 1.165) is 35.4 Å². The Morgan fingerprint density at radius 3 is 1.35 bits per heavy atom. The minimum Gasteiger partial charge on any atom is -0.362 e. The van der Waals surface area contributed by atoms with E-state index in [1.807, 2.05) is 65.6 Å². The van der Waals surface area contributed by atoms with Gasteiger partial charge in [-0.2, -0.15) is 26.3 Å². The number of hydrogen-bond donors (Lipinski definition) is 0. The van der Waals surface area contributed by atoms with Crippen LogP contribution in [0.1, 0.15) is 33.4 Å². The molecular weight excluding hydrogens is 488 g/mol. The third-order valence-corrected chi connectivity index (χ3v) is 5.82. The van der Waals surface area contributed by atoms with Crippen molar-refractivity contribution in [1.82, 2.24) is 4.90 Å². The lowest BCUT2D eigenvalue weighted by atomic mass is 10.0. The van der Waals surface area contributed by atoms with Crippen molar-refractivity contribution in [3.05, 3.63) is 143 Å². The van der Waals surface area contributed by atoms with Crippen molar-refractivity contribution in [2.24, 2.45) is 0 Å². The van der Waals surface area contributed by atoms with Crippen molar-refractivity contribution < 1.29 is 26.3 Å². The van der Waals surface area contributed by atoms with Gasteiger partial charge in [0.2, 0.25) is 0 Å². The lowest BCUT2D eigenvalue weighted by molar-refractivity contribution is -0.138. The summed E-state index contributed by atoms with van der Waals surface area (Å²) in [5, 5.41) is 0. The van der Waals surface area contributed by atoms with E-state index in [1.165, 1.54) is 24.3 Å². The quantitative estimate of drug-likeness (QED) is 0.177. The summed E-state index contributed by atoms with van der Waals surface area (Å²) in [6.45, 7) is 0.868. The maximum absolute atomic E-state index is 13.2. The van der Waals surface area contributed by atoms with Gasteiger partial charge in [0, 0.05) is 18.8 Å². The fourth-order valence-corrected chi connectivity index (χ4v) is 3.95. The van der Waals surface area contributed by atoms with Crippen LogP contribution in [-0.2, 0) is 25.4 Å². The molecule has 0 spiro atoms. The predicted octanol–water partition coefficient (Wildman–Crippen LogP) is 8.92. The van der Waals surface area contributed by atoms with Crippen molar-refractivity contribution in [2.75, 3.05) is 0 Å². The van der Waals surface area contributed by atoms with Gasteiger partial charge in [0.1, 0.15) is 0 Å². The molecule has 0 heterocycles. The predicted molar refractivity (Wildman–Crippen MR) is 133 cm³/mol. The molecule has 0 aliphatic rings. The molecule has 0 amide bonds. The first-order valence-corrected chi connectivity index (χ1v) is 11.5. The van der Waals surface area contributed by atoms with E-state index < -0.39 is 23.5 Å². The summed E-state index contributed by atoms with van der Waals surface area (Å²) in [6, 6.07) is 28.7. The molecular formula is C30H23F6N. The van der Waals surface area contributed by atoms with E-state index in [1.54, 1.807) is 6.08 Å². The van der Waals surface area contributed by atoms with Crippen molar-refractivity contribution >= 4 is 11.8 Å². The number of halogens is 6. The van der Waals surface area contributed by atoms with Crippen LogP contribution in [0, 0.1) is 0 Å². The highest BCUT2D eigenvalue weighted by atomic mass is 19.4. The van der Waals surface area contributed by atoms with E-state index >= 15 is 0 Å². The number of hydrogen-bond acceptors (Lipinski definition) is 1. The van der Waals surface area contributed by atoms with Crippen LogP contribution in [0.25, 0.3) is 11.8 Å². The monoisotopic (exact) mass is 511 g/mol. The third-order valence-electron chi connectivity index (χ3n) is 5.82. The van der Waals surface area contributed by atoms with Crippen LogP contribution in [-0.4, -0.2) is 4.90 Å². The Morgan fingerprint density at radius 2 is 0.946 bits per heavy atom. The fourth-order valence-electron chi connectivity index (χ4n) is 3.95. The van der Waals surface area contributed by atoms with Gasteiger partial charge in [-0.05, 0) is 52.6 Å². The molecule has 0 aliphatic carbocycles. The molecule has 0 radical (unpaired) electrons. The van der Waals surface area contributed by atoms with Gasteiger partial charge in [0.05, 0.1) is 11.1 Å². The van der Waals surface area contributed by atoms with Crippen molar-refractivity contribution in [2.45, 2.75) is 25.4 Å². The van der Waals surface area contributed by atoms with Crippen LogP contribution in [0.2, 0.25) is 0 Å². The summed E-state index contributed by atoms with van der Waals surface area (Å²) >= 11 is 0. The maximum Gasteiger partial charge on any atom is 0.416 e. The second kappa shape index (κ2) is 10.9. The van der Waals surface area contributed by atoms with Gasteiger partial charge in [0.25, 0.3) is 0 Å². The average Bonchev–Trinajstić information content (AvgIpc) is 2.87. The number of benzene rings is 4. The third kappa shape index (κ3) is 7.03. The second-order valence-electron chi connectivity index (χ2n) is 8.55. The van der Waals surface area contributed by atoms with Crippen LogP contribution < -0.4 is 0 Å². The highest BCUT2D eigenvalue weighted by molar-refractivity contribution is 5.80. The molecule has 0 bridgehead atoms. The van der Waals surface area contributed by atoms with Gasteiger partial charge < -0.3 is 4.90 Å². The van der Waals surface area contributed by atoms with Crippen LogP contribution in [0.4, 0.5) is 26.3 Å². The molecule has 0 saturated heterocycles. The van der Waals surface area contributed by atoms with Crippen LogP contribution in [0.5, 0.6) is 0 Å². The maximum atomic E-state index is 13.2. The molecule has 0 unspecified atom stereocenters. The Balaban J connectivity index is 1.81. The fraction of sp³-hybridized carbons (Fsp3) is 0.133. The molecule has 4 aromatic rings. The number of alkyl halides is 6. The molecule has 0 aromatic heterocycles. The molecule has 1 nitrogen and oxygen atoms in total. The van der Waals surface area contributed by atoms with E-state index in [9.17, 15) is 26.3 Å². The first-order valence-electron chi connectivity index (χ1n) is 11.5. The smallest absolute Gasteiger partial charge is 0.362 e. The van der Waals surface area contributed by atoms with Gasteiger partial charge in [-0.25, -0.2) is 0 Å². The van der Waals surface area contributed by atoms with E-state index in [2.05, 4.69) is 0 Å². The standard InChI is InChI=1S/C30H23F6N/c31-29(32,33)26-15-11-22(12-16-26)19-28(25-13-17-27(18-14-25)30(34,35)36)37(20-23-7-3-1-4-8-23)21-24-9-5-2-6-10-24/h1-19H,20-21H2/b28-19+. The lowest BCUT2D eigenvalue weighted by Crippen LogP contribution is -2.21. The Hall–Kier alpha value is -4.00. The average molecular weight is 512 g/mol. The van der Waals surface area contributed by atoms with Crippen LogP contribution in [0.3, 0.4) is 0 Å². The topological polar surface area (TPSA) is 3.24 Å². The molecule has 0 fully saturated rings. The molecule has 190 valence electrons. The zero-order valence-electron chi connectivity index (χ0n) is 19.6. The number of rotatable bonds is 7. The first kappa shape index (κ1) is 26.1. The highest BCUT2D eigenvalue weighted by Gasteiger charge is 2.31. The zero-order chi connectivity index (χ0) is 26.5. The van der Waals surface area contributed by atoms with Crippen molar-refractivity contribution in [3.63, 3.8) is 0 Å². The summed E-state index contributed by atoms with van der Waals surface area (Å²) in [5.41, 5.74) is 2.00. The Labute approximate surface area is 211 Å². The Bertz CT molecular complexity index is 1270. The zero-order valence-corrected chi connectivity index (χ0v) is 19.6. The Morgan fingerprint density at radius 1 is 0.541 bits per heavy atom. The van der Waals surface area contributed by atoms with Crippen LogP contribution >= 0.6 is 0 Å². The number of nitrogens with zero attached hydrogens (tertiary/aromatic N) is 1. The molecule has 37 heavy (non-hydrogen) atoms. The Kier molecular flexibility index (Phi) is 7.71. The van der Waals surface area contributed by atoms with Crippen molar-refractivity contribution in [3.8, 4) is 0 Å². The van der Waals surface area contributed by atoms with E-state index in [-0.39, 0.29) is 0 Å². The first-order chi connectivity index (χ1) is 17.6. The summed E-state index contributed by atoms with van der Waals surface area (Å²) in [4.78, 5) is 2.00. The summed E-state index contributed by atoms with van der Waals surface area (Å²) < 4.78 is 78.9. The van der Waals surface area contributed by atoms with E-state index in [0.29, 0.717) is 29.9 Å². The SMILES string of the molecule is FC(F)(F)c1ccc(/C=C(\c2ccc(C(F)(F)F)cc2)N(Cc2ccccc2)Cc2ccccc2)cc1. The minimum atomic E-state index is -4.48. The molecule has 0 atom stereocenters. The molecule has 7 heteroatoms. The summed E-state index contributed by atoms with van der Waals surface area (Å²) in [5.74, 6) is 0. The van der Waals surface area contributed by atoms with Crippen LogP contribution in [0.15, 0.2) is 109 Å². The van der Waals surface area contributed by atoms with Crippen molar-refractivity contribution in [1.29, 1.82) is 0 Å². The van der Waals surface area contributed by atoms with E-state index in [4.69, 9.17) is 0 Å². The largest absolute Gasteiger partial charge is 0.416 e. The van der Waals surface area contributed by atoms with Gasteiger partial charge in [-0.3, -0.25) is 0 Å². The van der Waals surface area contributed by atoms with Gasteiger partial charge >= 0.3 is 12.4 Å². The molecule has 0 aliphatic heterocycles. The molecule has 4 aromatic carbocycles. The van der Waals surface area contributed by atoms with Gasteiger partial charge in [-0.1, -0.05) is 84.9 Å². The molecule has 4 rings (SSSR count). The minimum absolute atomic E-state index is 0.434. The molecule has 0 N–H and O–H groups in total. The van der Waals surface area contributed by atoms with Gasteiger partial charge in [-0.15, -0.1) is 0 Å². The van der Waals surface area contributed by atoms with Gasteiger partial charge in [0.15, 0.2) is 0 Å². The normalized spacial score (nSPS) is 12.4. The summed E-state index contributed by atoms with van der Waals surface area (Å²) in [7, 11) is 0. The summed E-state index contributed by atoms with van der Waals surface area (Å²) in [6.07, 6.45) is -7.25.